The monoisotopic (exact) mass is 210 g/mol. The van der Waals surface area contributed by atoms with Gasteiger partial charge in [-0.3, -0.25) is 9.59 Å². The van der Waals surface area contributed by atoms with Gasteiger partial charge in [0.15, 0.2) is 5.78 Å². The van der Waals surface area contributed by atoms with Gasteiger partial charge in [-0.15, -0.1) is 0 Å². The van der Waals surface area contributed by atoms with Gasteiger partial charge in [0.2, 0.25) is 0 Å². The summed E-state index contributed by atoms with van der Waals surface area (Å²) in [6.45, 7) is 5.98. The van der Waals surface area contributed by atoms with E-state index >= 15 is 0 Å². The summed E-state index contributed by atoms with van der Waals surface area (Å²) in [6, 6.07) is 0. The summed E-state index contributed by atoms with van der Waals surface area (Å²) in [5.74, 6) is -0.259. The Bertz CT molecular complexity index is 324. The highest BCUT2D eigenvalue weighted by molar-refractivity contribution is 6.25. The summed E-state index contributed by atoms with van der Waals surface area (Å²) in [5, 5.41) is 0. The normalized spacial score (nSPS) is 20.3. The van der Waals surface area contributed by atoms with E-state index in [0.29, 0.717) is 0 Å². The number of ketones is 1. The summed E-state index contributed by atoms with van der Waals surface area (Å²) in [7, 11) is 3.60. The molecule has 0 aromatic rings. The van der Waals surface area contributed by atoms with Crippen LogP contribution in [0.25, 0.3) is 0 Å². The van der Waals surface area contributed by atoms with E-state index in [0.717, 1.165) is 0 Å². The van der Waals surface area contributed by atoms with Crippen molar-refractivity contribution in [2.45, 2.75) is 26.3 Å². The maximum Gasteiger partial charge on any atom is 0.259 e. The van der Waals surface area contributed by atoms with Crippen LogP contribution in [0.3, 0.4) is 0 Å². The standard InChI is InChI=1S/C11H18N2O2/c1-11(2,3)13-7-9(14)8(10(13)15)6-12(4)5/h6H,7H2,1-5H3. The van der Waals surface area contributed by atoms with Crippen molar-refractivity contribution >= 4 is 11.7 Å². The van der Waals surface area contributed by atoms with E-state index in [-0.39, 0.29) is 29.3 Å². The molecule has 0 aliphatic carbocycles. The summed E-state index contributed by atoms with van der Waals surface area (Å²) >= 11 is 0. The molecule has 1 aliphatic rings. The quantitative estimate of drug-likeness (QED) is 0.471. The van der Waals surface area contributed by atoms with Gasteiger partial charge in [0, 0.05) is 25.8 Å². The first-order chi connectivity index (χ1) is 6.73. The van der Waals surface area contributed by atoms with Crippen LogP contribution in [0.5, 0.6) is 0 Å². The van der Waals surface area contributed by atoms with Crippen LogP contribution >= 0.6 is 0 Å². The Hall–Kier alpha value is -1.32. The van der Waals surface area contributed by atoms with Crippen molar-refractivity contribution in [3.8, 4) is 0 Å². The molecule has 1 rings (SSSR count). The molecule has 4 nitrogen and oxygen atoms in total. The fourth-order valence-corrected chi connectivity index (χ4v) is 1.49. The molecule has 0 bridgehead atoms. The minimum absolute atomic E-state index is 0.0939. The third-order valence-corrected chi connectivity index (χ3v) is 2.27. The fourth-order valence-electron chi connectivity index (χ4n) is 1.49. The van der Waals surface area contributed by atoms with Crippen LogP contribution in [0.4, 0.5) is 0 Å². The number of hydrogen-bond donors (Lipinski definition) is 0. The number of rotatable bonds is 1. The molecule has 0 aromatic carbocycles. The highest BCUT2D eigenvalue weighted by Gasteiger charge is 2.39. The van der Waals surface area contributed by atoms with Crippen molar-refractivity contribution < 1.29 is 9.59 Å². The third kappa shape index (κ3) is 2.37. The molecule has 0 N–H and O–H groups in total. The zero-order chi connectivity index (χ0) is 11.8. The van der Waals surface area contributed by atoms with Gasteiger partial charge in [-0.25, -0.2) is 0 Å². The van der Waals surface area contributed by atoms with Crippen molar-refractivity contribution in [2.24, 2.45) is 0 Å². The molecule has 1 heterocycles. The Kier molecular flexibility index (Phi) is 2.88. The third-order valence-electron chi connectivity index (χ3n) is 2.27. The van der Waals surface area contributed by atoms with Gasteiger partial charge in [-0.1, -0.05) is 0 Å². The molecule has 0 spiro atoms. The van der Waals surface area contributed by atoms with Crippen LogP contribution < -0.4 is 0 Å². The summed E-state index contributed by atoms with van der Waals surface area (Å²) in [5.41, 5.74) is -0.0100. The molecular formula is C11H18N2O2. The van der Waals surface area contributed by atoms with Crippen molar-refractivity contribution in [2.75, 3.05) is 20.6 Å². The number of nitrogens with zero attached hydrogens (tertiary/aromatic N) is 2. The second-order valence-electron chi connectivity index (χ2n) is 4.99. The minimum atomic E-state index is -0.297. The Morgan fingerprint density at radius 1 is 1.27 bits per heavy atom. The minimum Gasteiger partial charge on any atom is -0.383 e. The van der Waals surface area contributed by atoms with Crippen molar-refractivity contribution in [1.82, 2.24) is 9.80 Å². The molecule has 4 heteroatoms. The molecular weight excluding hydrogens is 192 g/mol. The van der Waals surface area contributed by atoms with Gasteiger partial charge in [-0.05, 0) is 20.8 Å². The lowest BCUT2D eigenvalue weighted by Crippen LogP contribution is -2.42. The SMILES string of the molecule is CN(C)C=C1C(=O)CN(C(C)(C)C)C1=O. The molecule has 15 heavy (non-hydrogen) atoms. The van der Waals surface area contributed by atoms with E-state index in [1.165, 1.54) is 0 Å². The largest absolute Gasteiger partial charge is 0.383 e. The number of Topliss-reactive ketones (excluding diaryl/α,β-unsaturated/α-hetero) is 1. The number of hydrogen-bond acceptors (Lipinski definition) is 3. The first kappa shape index (κ1) is 11.8. The van der Waals surface area contributed by atoms with Crippen molar-refractivity contribution in [3.63, 3.8) is 0 Å². The predicted molar refractivity (Wildman–Crippen MR) is 58.2 cm³/mol. The first-order valence-electron chi connectivity index (χ1n) is 4.97. The number of likely N-dealkylation sites (tertiary alicyclic amines) is 1. The molecule has 1 amide bonds. The van der Waals surface area contributed by atoms with Crippen LogP contribution in [-0.2, 0) is 9.59 Å². The molecule has 1 aliphatic heterocycles. The summed E-state index contributed by atoms with van der Waals surface area (Å²) in [6.07, 6.45) is 1.59. The second-order valence-corrected chi connectivity index (χ2v) is 4.99. The molecule has 0 radical (unpaired) electrons. The van der Waals surface area contributed by atoms with E-state index in [1.807, 2.05) is 20.8 Å². The van der Waals surface area contributed by atoms with Gasteiger partial charge in [0.1, 0.15) is 5.57 Å². The number of carbonyl (C=O) groups excluding carboxylic acids is 2. The smallest absolute Gasteiger partial charge is 0.259 e. The average molecular weight is 210 g/mol. The summed E-state index contributed by atoms with van der Waals surface area (Å²) in [4.78, 5) is 26.8. The van der Waals surface area contributed by atoms with E-state index in [9.17, 15) is 9.59 Å². The van der Waals surface area contributed by atoms with Crippen molar-refractivity contribution in [1.29, 1.82) is 0 Å². The lowest BCUT2D eigenvalue weighted by Gasteiger charge is -2.30. The van der Waals surface area contributed by atoms with Crippen LogP contribution in [0.2, 0.25) is 0 Å². The molecule has 1 fully saturated rings. The maximum absolute atomic E-state index is 11.9. The maximum atomic E-state index is 11.9. The van der Waals surface area contributed by atoms with Crippen LogP contribution in [-0.4, -0.2) is 47.7 Å². The van der Waals surface area contributed by atoms with Crippen LogP contribution in [0, 0.1) is 0 Å². The number of amides is 1. The Balaban J connectivity index is 2.99. The van der Waals surface area contributed by atoms with Gasteiger partial charge >= 0.3 is 0 Å². The average Bonchev–Trinajstić information content (AvgIpc) is 2.30. The number of carbonyl (C=O) groups is 2. The van der Waals surface area contributed by atoms with E-state index in [2.05, 4.69) is 0 Å². The van der Waals surface area contributed by atoms with Crippen LogP contribution in [0.1, 0.15) is 20.8 Å². The Labute approximate surface area is 90.5 Å². The van der Waals surface area contributed by atoms with E-state index in [4.69, 9.17) is 0 Å². The lowest BCUT2D eigenvalue weighted by molar-refractivity contribution is -0.129. The zero-order valence-corrected chi connectivity index (χ0v) is 10.00. The van der Waals surface area contributed by atoms with Gasteiger partial charge in [0.25, 0.3) is 5.91 Å². The zero-order valence-electron chi connectivity index (χ0n) is 10.00. The molecule has 1 saturated heterocycles. The molecule has 84 valence electrons. The van der Waals surface area contributed by atoms with Gasteiger partial charge < -0.3 is 9.80 Å². The highest BCUT2D eigenvalue weighted by Crippen LogP contribution is 2.23. The molecule has 0 aromatic heterocycles. The van der Waals surface area contributed by atoms with E-state index in [1.54, 1.807) is 30.1 Å². The highest BCUT2D eigenvalue weighted by atomic mass is 16.2. The molecule has 0 saturated carbocycles. The molecule has 0 unspecified atom stereocenters. The Morgan fingerprint density at radius 2 is 1.80 bits per heavy atom. The predicted octanol–water partition coefficient (Wildman–Crippen LogP) is 0.642. The second kappa shape index (κ2) is 3.68. The summed E-state index contributed by atoms with van der Waals surface area (Å²) < 4.78 is 0. The fraction of sp³-hybridized carbons (Fsp3) is 0.636. The van der Waals surface area contributed by atoms with E-state index < -0.39 is 0 Å². The first-order valence-corrected chi connectivity index (χ1v) is 4.97. The topological polar surface area (TPSA) is 40.6 Å². The van der Waals surface area contributed by atoms with Crippen LogP contribution in [0.15, 0.2) is 11.8 Å². The van der Waals surface area contributed by atoms with Gasteiger partial charge in [0.05, 0.1) is 6.54 Å². The Morgan fingerprint density at radius 3 is 2.13 bits per heavy atom. The lowest BCUT2D eigenvalue weighted by atomic mass is 10.1. The van der Waals surface area contributed by atoms with Gasteiger partial charge in [-0.2, -0.15) is 0 Å². The molecule has 0 atom stereocenters. The van der Waals surface area contributed by atoms with Crippen molar-refractivity contribution in [3.05, 3.63) is 11.8 Å².